The van der Waals surface area contributed by atoms with Crippen LogP contribution in [0.5, 0.6) is 0 Å². The summed E-state index contributed by atoms with van der Waals surface area (Å²) in [6.07, 6.45) is 0.145. The van der Waals surface area contributed by atoms with Gasteiger partial charge in [0.05, 0.1) is 6.42 Å². The maximum absolute atomic E-state index is 10.2. The minimum absolute atomic E-state index is 0.145. The van der Waals surface area contributed by atoms with Gasteiger partial charge in [0.2, 0.25) is 5.91 Å². The van der Waals surface area contributed by atoms with Crippen LogP contribution in [0.2, 0.25) is 0 Å². The monoisotopic (exact) mass is 112 g/mol. The molecule has 4 nitrogen and oxygen atoms in total. The van der Waals surface area contributed by atoms with Gasteiger partial charge in [-0.25, -0.2) is 4.79 Å². The van der Waals surface area contributed by atoms with Crippen molar-refractivity contribution < 1.29 is 9.59 Å². The summed E-state index contributed by atoms with van der Waals surface area (Å²) >= 11 is 0. The molecule has 0 atom stereocenters. The van der Waals surface area contributed by atoms with E-state index in [-0.39, 0.29) is 12.3 Å². The third kappa shape index (κ3) is 0.959. The highest BCUT2D eigenvalue weighted by atomic mass is 16.2. The molecule has 0 spiro atoms. The molecule has 0 aromatic carbocycles. The van der Waals surface area contributed by atoms with Crippen LogP contribution in [0, 0.1) is 6.54 Å². The second kappa shape index (κ2) is 1.81. The van der Waals surface area contributed by atoms with Crippen molar-refractivity contribution in [3.8, 4) is 0 Å². The van der Waals surface area contributed by atoms with E-state index in [1.54, 1.807) is 0 Å². The Morgan fingerprint density at radius 1 is 1.50 bits per heavy atom. The average Bonchev–Trinajstić information content (AvgIpc) is 1.64. The lowest BCUT2D eigenvalue weighted by molar-refractivity contribution is -0.119. The molecule has 0 saturated carbocycles. The van der Waals surface area contributed by atoms with E-state index in [0.29, 0.717) is 0 Å². The van der Waals surface area contributed by atoms with Crippen molar-refractivity contribution in [2.24, 2.45) is 0 Å². The van der Waals surface area contributed by atoms with Crippen LogP contribution in [0.1, 0.15) is 6.42 Å². The van der Waals surface area contributed by atoms with Crippen LogP contribution in [-0.2, 0) is 4.79 Å². The van der Waals surface area contributed by atoms with Crippen molar-refractivity contribution in [2.75, 3.05) is 0 Å². The maximum Gasteiger partial charge on any atom is 0.322 e. The third-order valence-electron chi connectivity index (χ3n) is 0.704. The number of carbonyl (C=O) groups excluding carboxylic acids is 2. The van der Waals surface area contributed by atoms with Crippen LogP contribution in [0.25, 0.3) is 0 Å². The molecular formula is C4H4N2O2. The van der Waals surface area contributed by atoms with Gasteiger partial charge in [-0.15, -0.1) is 0 Å². The number of rotatable bonds is 0. The zero-order chi connectivity index (χ0) is 5.98. The van der Waals surface area contributed by atoms with Crippen molar-refractivity contribution in [1.29, 1.82) is 0 Å². The minimum atomic E-state index is -0.499. The van der Waals surface area contributed by atoms with Gasteiger partial charge in [-0.2, -0.15) is 0 Å². The highest BCUT2D eigenvalue weighted by Crippen LogP contribution is 1.87. The lowest BCUT2D eigenvalue weighted by atomic mass is 10.3. The lowest BCUT2D eigenvalue weighted by Gasteiger charge is -2.09. The Morgan fingerprint density at radius 3 is 2.62 bits per heavy atom. The van der Waals surface area contributed by atoms with Crippen molar-refractivity contribution >= 4 is 11.9 Å². The molecule has 2 N–H and O–H groups in total. The number of hydrogen-bond acceptors (Lipinski definition) is 2. The smallest absolute Gasteiger partial charge is 0.322 e. The van der Waals surface area contributed by atoms with Gasteiger partial charge in [-0.1, -0.05) is 0 Å². The van der Waals surface area contributed by atoms with Gasteiger partial charge in [-0.3, -0.25) is 10.1 Å². The standard InChI is InChI=1S/C4H4N2O2/c7-3-1-2-5-4(8)6-3/h1H2,(H2,5,6,7,8). The largest absolute Gasteiger partial charge is 0.327 e. The quantitative estimate of drug-likeness (QED) is 0.433. The number of amides is 3. The number of hydrogen-bond donors (Lipinski definition) is 2. The Morgan fingerprint density at radius 2 is 2.25 bits per heavy atom. The highest BCUT2D eigenvalue weighted by molar-refractivity contribution is 5.97. The van der Waals surface area contributed by atoms with E-state index >= 15 is 0 Å². The van der Waals surface area contributed by atoms with Crippen LogP contribution in [0.15, 0.2) is 0 Å². The number of imide groups is 1. The summed E-state index contributed by atoms with van der Waals surface area (Å²) < 4.78 is 0. The molecule has 8 heavy (non-hydrogen) atoms. The molecule has 1 fully saturated rings. The van der Waals surface area contributed by atoms with Crippen molar-refractivity contribution in [2.45, 2.75) is 6.42 Å². The van der Waals surface area contributed by atoms with E-state index in [2.05, 4.69) is 11.9 Å². The second-order valence-electron chi connectivity index (χ2n) is 1.36. The first-order valence-electron chi connectivity index (χ1n) is 2.12. The van der Waals surface area contributed by atoms with Gasteiger partial charge in [0.1, 0.15) is 6.54 Å². The normalized spacial score (nSPS) is 19.5. The van der Waals surface area contributed by atoms with Gasteiger partial charge in [0.25, 0.3) is 0 Å². The van der Waals surface area contributed by atoms with E-state index in [1.165, 1.54) is 0 Å². The molecule has 0 aromatic rings. The molecule has 1 saturated heterocycles. The highest BCUT2D eigenvalue weighted by Gasteiger charge is 2.12. The molecule has 0 unspecified atom stereocenters. The fourth-order valence-corrected chi connectivity index (χ4v) is 0.407. The Kier molecular flexibility index (Phi) is 1.15. The first kappa shape index (κ1) is 5.08. The van der Waals surface area contributed by atoms with Crippen LogP contribution in [0.3, 0.4) is 0 Å². The van der Waals surface area contributed by atoms with Crippen LogP contribution in [-0.4, -0.2) is 11.9 Å². The molecule has 1 aliphatic rings. The molecule has 42 valence electrons. The molecule has 0 bridgehead atoms. The molecule has 2 radical (unpaired) electrons. The van der Waals surface area contributed by atoms with Crippen molar-refractivity contribution in [3.63, 3.8) is 0 Å². The topological polar surface area (TPSA) is 58.2 Å². The number of carbonyl (C=O) groups is 2. The van der Waals surface area contributed by atoms with Crippen LogP contribution in [0.4, 0.5) is 4.79 Å². The molecule has 3 amide bonds. The zero-order valence-corrected chi connectivity index (χ0v) is 4.02. The first-order valence-corrected chi connectivity index (χ1v) is 2.12. The molecule has 1 rings (SSSR count). The maximum atomic E-state index is 10.2. The zero-order valence-electron chi connectivity index (χ0n) is 4.02. The van der Waals surface area contributed by atoms with Gasteiger partial charge >= 0.3 is 6.03 Å². The van der Waals surface area contributed by atoms with Gasteiger partial charge in [0, 0.05) is 0 Å². The molecule has 1 heterocycles. The summed E-state index contributed by atoms with van der Waals surface area (Å²) in [7, 11) is 0. The van der Waals surface area contributed by atoms with E-state index in [9.17, 15) is 9.59 Å². The number of urea groups is 1. The van der Waals surface area contributed by atoms with Gasteiger partial charge in [-0.05, 0) is 0 Å². The summed E-state index contributed by atoms with van der Waals surface area (Å²) in [5.41, 5.74) is 0. The SMILES string of the molecule is O=C1C[C]NC(=O)N1. The van der Waals surface area contributed by atoms with E-state index in [0.717, 1.165) is 0 Å². The fourth-order valence-electron chi connectivity index (χ4n) is 0.407. The number of nitrogens with one attached hydrogen (secondary N) is 2. The van der Waals surface area contributed by atoms with Crippen molar-refractivity contribution in [3.05, 3.63) is 6.54 Å². The third-order valence-corrected chi connectivity index (χ3v) is 0.704. The summed E-state index contributed by atoms with van der Waals surface area (Å²) in [6.45, 7) is 2.37. The Balaban J connectivity index is 2.45. The predicted molar refractivity (Wildman–Crippen MR) is 24.5 cm³/mol. The lowest BCUT2D eigenvalue weighted by Crippen LogP contribution is -2.43. The van der Waals surface area contributed by atoms with E-state index in [1.807, 2.05) is 5.32 Å². The first-order chi connectivity index (χ1) is 3.79. The average molecular weight is 112 g/mol. The molecule has 0 aromatic heterocycles. The second-order valence-corrected chi connectivity index (χ2v) is 1.36. The van der Waals surface area contributed by atoms with Gasteiger partial charge < -0.3 is 5.32 Å². The molecule has 1 aliphatic heterocycles. The predicted octanol–water partition coefficient (Wildman–Crippen LogP) is -0.745. The molecule has 4 heteroatoms. The summed E-state index contributed by atoms with van der Waals surface area (Å²) in [5.74, 6) is -0.311. The van der Waals surface area contributed by atoms with Crippen LogP contribution < -0.4 is 10.6 Å². The van der Waals surface area contributed by atoms with E-state index < -0.39 is 6.03 Å². The molecule has 0 aliphatic carbocycles. The minimum Gasteiger partial charge on any atom is -0.327 e. The Hall–Kier alpha value is -1.06. The Labute approximate surface area is 46.3 Å². The fraction of sp³-hybridized carbons (Fsp3) is 0.250. The summed E-state index contributed by atoms with van der Waals surface area (Å²) in [6, 6.07) is -0.499. The molecular weight excluding hydrogens is 108 g/mol. The van der Waals surface area contributed by atoms with Crippen LogP contribution >= 0.6 is 0 Å². The van der Waals surface area contributed by atoms with E-state index in [4.69, 9.17) is 0 Å². The van der Waals surface area contributed by atoms with Gasteiger partial charge in [0.15, 0.2) is 0 Å². The van der Waals surface area contributed by atoms with Crippen molar-refractivity contribution in [1.82, 2.24) is 10.6 Å². The summed E-state index contributed by atoms with van der Waals surface area (Å²) in [5, 5.41) is 4.22. The Bertz CT molecular complexity index is 118. The summed E-state index contributed by atoms with van der Waals surface area (Å²) in [4.78, 5) is 20.4.